The van der Waals surface area contributed by atoms with Gasteiger partial charge in [0.15, 0.2) is 5.16 Å². The first-order valence-electron chi connectivity index (χ1n) is 12.5. The first-order chi connectivity index (χ1) is 20.0. The Bertz CT molecular complexity index is 2140. The van der Waals surface area contributed by atoms with Gasteiger partial charge in [-0.1, -0.05) is 36.0 Å². The minimum atomic E-state index is -3.95. The fourth-order valence-corrected chi connectivity index (χ4v) is 6.06. The van der Waals surface area contributed by atoms with Gasteiger partial charge in [-0.25, -0.2) is 18.5 Å². The van der Waals surface area contributed by atoms with Gasteiger partial charge in [-0.2, -0.15) is 0 Å². The number of carbonyl (C=O) groups is 3. The lowest BCUT2D eigenvalue weighted by atomic mass is 10.1. The first kappa shape index (κ1) is 27.3. The molecule has 6 rings (SSSR count). The van der Waals surface area contributed by atoms with Gasteiger partial charge < -0.3 is 5.32 Å². The second kappa shape index (κ2) is 10.2. The molecule has 13 heteroatoms. The highest BCUT2D eigenvalue weighted by Crippen LogP contribution is 2.27. The Morgan fingerprint density at radius 1 is 0.905 bits per heavy atom. The van der Waals surface area contributed by atoms with Crippen LogP contribution in [-0.2, 0) is 14.8 Å². The number of sulfonamides is 1. The van der Waals surface area contributed by atoms with Gasteiger partial charge in [0.2, 0.25) is 15.9 Å². The molecule has 2 heterocycles. The largest absolute Gasteiger partial charge is 0.325 e. The Balaban J connectivity index is 1.35. The van der Waals surface area contributed by atoms with Crippen LogP contribution in [0.1, 0.15) is 20.7 Å². The molecule has 0 bridgehead atoms. The molecule has 0 atom stereocenters. The highest BCUT2D eigenvalue weighted by Gasteiger charge is 2.32. The molecule has 1 aliphatic heterocycles. The molecule has 0 unspecified atom stereocenters. The number of hydrogen-bond donors (Lipinski definition) is 2. The van der Waals surface area contributed by atoms with E-state index in [9.17, 15) is 27.6 Å². The summed E-state index contributed by atoms with van der Waals surface area (Å²) in [7, 11) is -2.56. The smallest absolute Gasteiger partial charge is 0.266 e. The molecule has 1 aromatic heterocycles. The van der Waals surface area contributed by atoms with E-state index in [2.05, 4.69) is 5.32 Å². The van der Waals surface area contributed by atoms with Crippen molar-refractivity contribution in [1.82, 2.24) is 14.5 Å². The monoisotopic (exact) mass is 599 g/mol. The van der Waals surface area contributed by atoms with Gasteiger partial charge >= 0.3 is 0 Å². The zero-order valence-corrected chi connectivity index (χ0v) is 23.5. The minimum Gasteiger partial charge on any atom is -0.325 e. The van der Waals surface area contributed by atoms with E-state index < -0.39 is 33.3 Å². The number of fused-ring (bicyclic) bond motifs is 3. The molecular weight excluding hydrogens is 578 g/mol. The molecule has 0 radical (unpaired) electrons. The molecule has 0 aliphatic carbocycles. The number of rotatable bonds is 6. The van der Waals surface area contributed by atoms with Crippen LogP contribution in [0.25, 0.3) is 27.4 Å². The molecule has 210 valence electrons. The van der Waals surface area contributed by atoms with Crippen molar-refractivity contribution in [2.45, 2.75) is 10.1 Å². The van der Waals surface area contributed by atoms with Gasteiger partial charge in [-0.3, -0.25) is 28.6 Å². The maximum atomic E-state index is 13.8. The maximum Gasteiger partial charge on any atom is 0.266 e. The van der Waals surface area contributed by atoms with Gasteiger partial charge in [-0.15, -0.1) is 0 Å². The summed E-state index contributed by atoms with van der Waals surface area (Å²) in [6.45, 7) is 0. The molecule has 4 aromatic carbocycles. The highest BCUT2D eigenvalue weighted by atomic mass is 32.2. The van der Waals surface area contributed by atoms with E-state index in [-0.39, 0.29) is 26.9 Å². The Labute approximate surface area is 243 Å². The Kier molecular flexibility index (Phi) is 6.64. The molecule has 1 aliphatic rings. The number of amides is 3. The maximum absolute atomic E-state index is 13.8. The SMILES string of the molecule is CN1C(=O)c2ccc(NC(=O)CSc3nc4cc5ccccc5cc4c(=O)n3-c3ccc(S(N)(=O)=O)cc3)cc2C1=O. The topological polar surface area (TPSA) is 162 Å². The lowest BCUT2D eigenvalue weighted by molar-refractivity contribution is -0.113. The quantitative estimate of drug-likeness (QED) is 0.130. The number of imide groups is 1. The van der Waals surface area contributed by atoms with E-state index in [0.29, 0.717) is 22.3 Å². The van der Waals surface area contributed by atoms with Gasteiger partial charge in [0.05, 0.1) is 38.4 Å². The summed E-state index contributed by atoms with van der Waals surface area (Å²) in [6, 6.07) is 21.0. The summed E-state index contributed by atoms with van der Waals surface area (Å²) in [4.78, 5) is 56.8. The summed E-state index contributed by atoms with van der Waals surface area (Å²) in [5, 5.41) is 10.2. The number of primary sulfonamides is 1. The van der Waals surface area contributed by atoms with Crippen molar-refractivity contribution >= 4 is 66.9 Å². The standard InChI is InChI=1S/C29H21N5O6S2/c1-33-26(36)21-11-6-18(14-22(21)27(33)37)31-25(35)15-41-29-32-24-13-17-5-3-2-4-16(17)12-23(24)28(38)34(29)19-7-9-20(10-8-19)42(30,39)40/h2-14H,15H2,1H3,(H,31,35)(H2,30,39,40). The van der Waals surface area contributed by atoms with Crippen LogP contribution >= 0.6 is 11.8 Å². The zero-order valence-electron chi connectivity index (χ0n) is 21.9. The van der Waals surface area contributed by atoms with Crippen LogP contribution in [0.3, 0.4) is 0 Å². The van der Waals surface area contributed by atoms with Crippen molar-refractivity contribution < 1.29 is 22.8 Å². The number of thioether (sulfide) groups is 1. The molecular formula is C29H21N5O6S2. The second-order valence-corrected chi connectivity index (χ2v) is 12.1. The summed E-state index contributed by atoms with van der Waals surface area (Å²) in [5.74, 6) is -1.45. The lowest BCUT2D eigenvalue weighted by Crippen LogP contribution is -2.24. The van der Waals surface area contributed by atoms with E-state index in [0.717, 1.165) is 27.4 Å². The highest BCUT2D eigenvalue weighted by molar-refractivity contribution is 7.99. The Hall–Kier alpha value is -4.85. The molecule has 11 nitrogen and oxygen atoms in total. The molecule has 42 heavy (non-hydrogen) atoms. The van der Waals surface area contributed by atoms with Crippen molar-refractivity contribution in [2.75, 3.05) is 18.1 Å². The van der Waals surface area contributed by atoms with Crippen LogP contribution in [0.4, 0.5) is 5.69 Å². The van der Waals surface area contributed by atoms with Gasteiger partial charge in [0.1, 0.15) is 0 Å². The average Bonchev–Trinajstić information content (AvgIpc) is 3.18. The third-order valence-corrected chi connectivity index (χ3v) is 8.70. The average molecular weight is 600 g/mol. The zero-order chi connectivity index (χ0) is 29.8. The Morgan fingerprint density at radius 3 is 2.26 bits per heavy atom. The molecule has 3 N–H and O–H groups in total. The normalized spacial score (nSPS) is 13.1. The van der Waals surface area contributed by atoms with Crippen LogP contribution in [-0.4, -0.2) is 53.4 Å². The van der Waals surface area contributed by atoms with E-state index in [4.69, 9.17) is 10.1 Å². The second-order valence-electron chi connectivity index (χ2n) is 9.56. The number of carbonyl (C=O) groups excluding carboxylic acids is 3. The number of nitrogens with zero attached hydrogens (tertiary/aromatic N) is 3. The van der Waals surface area contributed by atoms with Crippen LogP contribution in [0, 0.1) is 0 Å². The van der Waals surface area contributed by atoms with Crippen LogP contribution in [0.15, 0.2) is 93.7 Å². The van der Waals surface area contributed by atoms with E-state index in [1.54, 1.807) is 12.1 Å². The van der Waals surface area contributed by atoms with E-state index >= 15 is 0 Å². The molecule has 0 fully saturated rings. The molecule has 0 saturated carbocycles. The van der Waals surface area contributed by atoms with Crippen molar-refractivity contribution in [3.05, 3.63) is 100 Å². The van der Waals surface area contributed by atoms with Gasteiger partial charge in [0.25, 0.3) is 17.4 Å². The van der Waals surface area contributed by atoms with E-state index in [1.807, 2.05) is 24.3 Å². The Morgan fingerprint density at radius 2 is 1.57 bits per heavy atom. The number of nitrogens with two attached hydrogens (primary N) is 1. The van der Waals surface area contributed by atoms with Crippen LogP contribution in [0.2, 0.25) is 0 Å². The third-order valence-electron chi connectivity index (χ3n) is 6.83. The van der Waals surface area contributed by atoms with Crippen molar-refractivity contribution in [3.63, 3.8) is 0 Å². The summed E-state index contributed by atoms with van der Waals surface area (Å²) >= 11 is 1.01. The first-order valence-corrected chi connectivity index (χ1v) is 15.0. The number of benzene rings is 4. The fourth-order valence-electron chi connectivity index (χ4n) is 4.73. The van der Waals surface area contributed by atoms with Crippen molar-refractivity contribution in [1.29, 1.82) is 0 Å². The number of nitrogens with one attached hydrogen (secondary N) is 1. The van der Waals surface area contributed by atoms with Gasteiger partial charge in [-0.05, 0) is 65.4 Å². The fraction of sp³-hybridized carbons (Fsp3) is 0.0690. The van der Waals surface area contributed by atoms with E-state index in [1.165, 1.54) is 54.1 Å². The summed E-state index contributed by atoms with van der Waals surface area (Å²) < 4.78 is 24.8. The lowest BCUT2D eigenvalue weighted by Gasteiger charge is -2.14. The predicted molar refractivity (Wildman–Crippen MR) is 158 cm³/mol. The summed E-state index contributed by atoms with van der Waals surface area (Å²) in [5.41, 5.74) is 1.18. The minimum absolute atomic E-state index is 0.117. The van der Waals surface area contributed by atoms with Gasteiger partial charge in [0, 0.05) is 12.7 Å². The van der Waals surface area contributed by atoms with Crippen LogP contribution < -0.4 is 16.0 Å². The van der Waals surface area contributed by atoms with Crippen molar-refractivity contribution in [3.8, 4) is 5.69 Å². The number of hydrogen-bond acceptors (Lipinski definition) is 8. The van der Waals surface area contributed by atoms with Crippen molar-refractivity contribution in [2.24, 2.45) is 5.14 Å². The summed E-state index contributed by atoms with van der Waals surface area (Å²) in [6.07, 6.45) is 0. The number of anilines is 1. The molecule has 3 amide bonds. The number of aromatic nitrogens is 2. The predicted octanol–water partition coefficient (Wildman–Crippen LogP) is 3.14. The third kappa shape index (κ3) is 4.83. The van der Waals surface area contributed by atoms with Crippen LogP contribution in [0.5, 0.6) is 0 Å². The molecule has 5 aromatic rings. The molecule has 0 spiro atoms. The molecule has 0 saturated heterocycles.